The average Bonchev–Trinajstić information content (AvgIpc) is 3.33. The molecule has 0 aliphatic rings. The molecule has 1 N–H and O–H groups in total. The Labute approximate surface area is 189 Å². The van der Waals surface area contributed by atoms with E-state index in [2.05, 4.69) is 33.7 Å². The molecule has 0 bridgehead atoms. The van der Waals surface area contributed by atoms with Gasteiger partial charge in [0, 0.05) is 11.3 Å². The molecule has 0 aliphatic heterocycles. The molecule has 0 saturated heterocycles. The number of thioether (sulfide) groups is 1. The zero-order chi connectivity index (χ0) is 21.8. The fourth-order valence-corrected chi connectivity index (χ4v) is 3.97. The third-order valence-corrected chi connectivity index (χ3v) is 5.82. The van der Waals surface area contributed by atoms with Crippen LogP contribution in [0.15, 0.2) is 107 Å². The summed E-state index contributed by atoms with van der Waals surface area (Å²) < 4.78 is 5.74. The van der Waals surface area contributed by atoms with E-state index in [9.17, 15) is 4.79 Å². The summed E-state index contributed by atoms with van der Waals surface area (Å²) in [5.41, 5.74) is 3.84. The molecule has 0 atom stereocenters. The predicted molar refractivity (Wildman–Crippen MR) is 128 cm³/mol. The van der Waals surface area contributed by atoms with Crippen LogP contribution in [-0.2, 0) is 4.79 Å². The van der Waals surface area contributed by atoms with E-state index in [0.29, 0.717) is 11.1 Å². The Morgan fingerprint density at radius 3 is 2.25 bits per heavy atom. The summed E-state index contributed by atoms with van der Waals surface area (Å²) >= 11 is 1.21. The number of aromatic nitrogens is 2. The minimum absolute atomic E-state index is 0.132. The van der Waals surface area contributed by atoms with Gasteiger partial charge in [0.1, 0.15) is 0 Å². The highest BCUT2D eigenvalue weighted by molar-refractivity contribution is 7.99. The van der Waals surface area contributed by atoms with Crippen molar-refractivity contribution in [3.63, 3.8) is 0 Å². The van der Waals surface area contributed by atoms with Crippen LogP contribution in [0.25, 0.3) is 33.4 Å². The van der Waals surface area contributed by atoms with Crippen LogP contribution in [0.1, 0.15) is 0 Å². The lowest BCUT2D eigenvalue weighted by Crippen LogP contribution is -2.13. The number of amides is 1. The topological polar surface area (TPSA) is 68.0 Å². The molecule has 5 nitrogen and oxygen atoms in total. The molecule has 0 saturated carbocycles. The second kappa shape index (κ2) is 9.08. The van der Waals surface area contributed by atoms with Crippen LogP contribution in [0.5, 0.6) is 0 Å². The SMILES string of the molecule is O=C(CSc1nnc(-c2ccc3ccccc3c2)o1)Nc1ccc(-c2ccccc2)cc1. The van der Waals surface area contributed by atoms with Crippen molar-refractivity contribution >= 4 is 34.1 Å². The van der Waals surface area contributed by atoms with Crippen molar-refractivity contribution in [2.75, 3.05) is 11.1 Å². The minimum Gasteiger partial charge on any atom is -0.411 e. The molecule has 5 rings (SSSR count). The number of carbonyl (C=O) groups excluding carboxylic acids is 1. The second-order valence-corrected chi connectivity index (χ2v) is 8.14. The van der Waals surface area contributed by atoms with Crippen LogP contribution in [0.4, 0.5) is 5.69 Å². The van der Waals surface area contributed by atoms with E-state index in [1.54, 1.807) is 0 Å². The first-order chi connectivity index (χ1) is 15.7. The van der Waals surface area contributed by atoms with Gasteiger partial charge in [-0.15, -0.1) is 10.2 Å². The Balaban J connectivity index is 1.19. The number of benzene rings is 4. The molecule has 0 spiro atoms. The Bertz CT molecular complexity index is 1370. The van der Waals surface area contributed by atoms with Crippen molar-refractivity contribution in [3.8, 4) is 22.6 Å². The summed E-state index contributed by atoms with van der Waals surface area (Å²) in [6, 6.07) is 32.0. The molecule has 32 heavy (non-hydrogen) atoms. The summed E-state index contributed by atoms with van der Waals surface area (Å²) in [4.78, 5) is 12.3. The van der Waals surface area contributed by atoms with Crippen molar-refractivity contribution in [2.24, 2.45) is 0 Å². The molecule has 0 fully saturated rings. The van der Waals surface area contributed by atoms with Crippen molar-refractivity contribution in [1.29, 1.82) is 0 Å². The standard InChI is InChI=1S/C26H19N3O2S/c30-24(27-23-14-12-20(13-15-23)18-6-2-1-3-7-18)17-32-26-29-28-25(31-26)22-11-10-19-8-4-5-9-21(19)16-22/h1-16H,17H2,(H,27,30). The van der Waals surface area contributed by atoms with E-state index in [1.165, 1.54) is 11.8 Å². The van der Waals surface area contributed by atoms with Gasteiger partial charge < -0.3 is 9.73 Å². The monoisotopic (exact) mass is 437 g/mol. The maximum absolute atomic E-state index is 12.3. The number of hydrogen-bond acceptors (Lipinski definition) is 5. The van der Waals surface area contributed by atoms with Crippen LogP contribution in [0, 0.1) is 0 Å². The number of fused-ring (bicyclic) bond motifs is 1. The predicted octanol–water partition coefficient (Wildman–Crippen LogP) is 6.29. The first kappa shape index (κ1) is 20.0. The second-order valence-electron chi connectivity index (χ2n) is 7.22. The molecule has 0 aliphatic carbocycles. The van der Waals surface area contributed by atoms with E-state index in [-0.39, 0.29) is 11.7 Å². The van der Waals surface area contributed by atoms with E-state index in [1.807, 2.05) is 78.9 Å². The number of rotatable bonds is 6. The highest BCUT2D eigenvalue weighted by atomic mass is 32.2. The van der Waals surface area contributed by atoms with Crippen molar-refractivity contribution < 1.29 is 9.21 Å². The number of nitrogens with zero attached hydrogens (tertiary/aromatic N) is 2. The Morgan fingerprint density at radius 2 is 1.44 bits per heavy atom. The van der Waals surface area contributed by atoms with Gasteiger partial charge in [0.05, 0.1) is 5.75 Å². The molecule has 6 heteroatoms. The summed E-state index contributed by atoms with van der Waals surface area (Å²) in [7, 11) is 0. The smallest absolute Gasteiger partial charge is 0.277 e. The number of carbonyl (C=O) groups is 1. The maximum Gasteiger partial charge on any atom is 0.277 e. The van der Waals surface area contributed by atoms with Gasteiger partial charge in [0.2, 0.25) is 11.8 Å². The van der Waals surface area contributed by atoms with E-state index < -0.39 is 0 Å². The van der Waals surface area contributed by atoms with Crippen LogP contribution in [0.3, 0.4) is 0 Å². The molecule has 0 unspecified atom stereocenters. The quantitative estimate of drug-likeness (QED) is 0.316. The Morgan fingerprint density at radius 1 is 0.750 bits per heavy atom. The molecule has 1 amide bonds. The summed E-state index contributed by atoms with van der Waals surface area (Å²) in [5, 5.41) is 13.7. The first-order valence-electron chi connectivity index (χ1n) is 10.2. The highest BCUT2D eigenvalue weighted by Gasteiger charge is 2.12. The molecular weight excluding hydrogens is 418 g/mol. The average molecular weight is 438 g/mol. The molecule has 0 radical (unpaired) electrons. The van der Waals surface area contributed by atoms with Gasteiger partial charge in [0.15, 0.2) is 0 Å². The number of anilines is 1. The largest absolute Gasteiger partial charge is 0.411 e. The van der Waals surface area contributed by atoms with Crippen LogP contribution < -0.4 is 5.32 Å². The lowest BCUT2D eigenvalue weighted by Gasteiger charge is -2.06. The summed E-state index contributed by atoms with van der Waals surface area (Å²) in [6.07, 6.45) is 0. The third-order valence-electron chi connectivity index (χ3n) is 5.01. The lowest BCUT2D eigenvalue weighted by molar-refractivity contribution is -0.113. The molecule has 5 aromatic rings. The zero-order valence-corrected chi connectivity index (χ0v) is 17.9. The van der Waals surface area contributed by atoms with Gasteiger partial charge in [-0.2, -0.15) is 0 Å². The maximum atomic E-state index is 12.3. The Kier molecular flexibility index (Phi) is 5.68. The minimum atomic E-state index is -0.132. The number of nitrogens with one attached hydrogen (secondary N) is 1. The summed E-state index contributed by atoms with van der Waals surface area (Å²) in [6.45, 7) is 0. The first-order valence-corrected chi connectivity index (χ1v) is 11.1. The van der Waals surface area contributed by atoms with Crippen molar-refractivity contribution in [1.82, 2.24) is 10.2 Å². The normalized spacial score (nSPS) is 10.9. The molecule has 4 aromatic carbocycles. The van der Waals surface area contributed by atoms with E-state index in [4.69, 9.17) is 4.42 Å². The Hall–Kier alpha value is -3.90. The van der Waals surface area contributed by atoms with Crippen molar-refractivity contribution in [3.05, 3.63) is 97.1 Å². The van der Waals surface area contributed by atoms with E-state index >= 15 is 0 Å². The van der Waals surface area contributed by atoms with Gasteiger partial charge in [0.25, 0.3) is 5.22 Å². The highest BCUT2D eigenvalue weighted by Crippen LogP contribution is 2.26. The van der Waals surface area contributed by atoms with Gasteiger partial charge in [-0.1, -0.05) is 84.6 Å². The van der Waals surface area contributed by atoms with Gasteiger partial charge >= 0.3 is 0 Å². The lowest BCUT2D eigenvalue weighted by atomic mass is 10.1. The molecule has 1 heterocycles. The van der Waals surface area contributed by atoms with Gasteiger partial charge in [-0.25, -0.2) is 0 Å². The zero-order valence-electron chi connectivity index (χ0n) is 17.1. The molecular formula is C26H19N3O2S. The van der Waals surface area contributed by atoms with Gasteiger partial charge in [-0.3, -0.25) is 4.79 Å². The molecule has 156 valence electrons. The summed E-state index contributed by atoms with van der Waals surface area (Å²) in [5.74, 6) is 0.489. The third kappa shape index (κ3) is 4.55. The molecule has 1 aromatic heterocycles. The fourth-order valence-electron chi connectivity index (χ4n) is 3.41. The number of hydrogen-bond donors (Lipinski definition) is 1. The van der Waals surface area contributed by atoms with E-state index in [0.717, 1.165) is 33.2 Å². The van der Waals surface area contributed by atoms with Crippen molar-refractivity contribution in [2.45, 2.75) is 5.22 Å². The van der Waals surface area contributed by atoms with Crippen LogP contribution in [-0.4, -0.2) is 21.9 Å². The van der Waals surface area contributed by atoms with Crippen LogP contribution in [0.2, 0.25) is 0 Å². The van der Waals surface area contributed by atoms with Gasteiger partial charge in [-0.05, 0) is 46.2 Å². The van der Waals surface area contributed by atoms with Crippen LogP contribution >= 0.6 is 11.8 Å². The fraction of sp³-hybridized carbons (Fsp3) is 0.0385.